The molecule has 0 saturated carbocycles. The first kappa shape index (κ1) is 25.8. The Morgan fingerprint density at radius 2 is 1.59 bits per heavy atom. The molecule has 10 heteroatoms. The molecule has 0 spiro atoms. The van der Waals surface area contributed by atoms with Crippen molar-refractivity contribution in [3.05, 3.63) is 113 Å². The number of rotatable bonds is 3. The number of anilines is 1. The lowest BCUT2D eigenvalue weighted by atomic mass is 9.94. The van der Waals surface area contributed by atoms with Crippen molar-refractivity contribution in [2.24, 2.45) is 16.5 Å². The maximum absolute atomic E-state index is 13.9. The van der Waals surface area contributed by atoms with Gasteiger partial charge in [0.2, 0.25) is 0 Å². The van der Waals surface area contributed by atoms with E-state index in [-0.39, 0.29) is 29.7 Å². The fourth-order valence-electron chi connectivity index (χ4n) is 4.92. The Kier molecular flexibility index (Phi) is 6.47. The number of halogens is 3. The number of aliphatic imine (C=N–C) groups is 1. The predicted molar refractivity (Wildman–Crippen MR) is 142 cm³/mol. The number of hydrogen-bond acceptors (Lipinski definition) is 2. The van der Waals surface area contributed by atoms with E-state index in [2.05, 4.69) is 4.99 Å². The molecule has 2 heterocycles. The molecule has 0 fully saturated rings. The zero-order valence-electron chi connectivity index (χ0n) is 20.9. The summed E-state index contributed by atoms with van der Waals surface area (Å²) in [5.74, 6) is -1.27. The smallest absolute Gasteiger partial charge is 0.370 e. The van der Waals surface area contributed by atoms with Gasteiger partial charge in [-0.2, -0.15) is 18.2 Å². The number of aryl methyl sites for hydroxylation is 1. The van der Waals surface area contributed by atoms with Crippen molar-refractivity contribution in [3.63, 3.8) is 0 Å². The molecule has 39 heavy (non-hydrogen) atoms. The van der Waals surface area contributed by atoms with Gasteiger partial charge in [0, 0.05) is 16.9 Å². The fourth-order valence-corrected chi connectivity index (χ4v) is 4.92. The van der Waals surface area contributed by atoms with Crippen molar-refractivity contribution in [3.8, 4) is 11.1 Å². The van der Waals surface area contributed by atoms with E-state index >= 15 is 0 Å². The molecule has 1 aliphatic rings. The molecule has 0 atom stereocenters. The van der Waals surface area contributed by atoms with Crippen LogP contribution in [0.4, 0.5) is 18.9 Å². The van der Waals surface area contributed by atoms with E-state index in [1.165, 1.54) is 18.2 Å². The number of nitrogens with zero attached hydrogens (tertiary/aromatic N) is 3. The average Bonchev–Trinajstić information content (AvgIpc) is 3.20. The number of aromatic nitrogens is 1. The molecule has 3 aromatic carbocycles. The molecule has 4 aromatic rings. The van der Waals surface area contributed by atoms with Gasteiger partial charge in [-0.05, 0) is 65.6 Å². The summed E-state index contributed by atoms with van der Waals surface area (Å²) < 4.78 is 42.6. The van der Waals surface area contributed by atoms with Crippen LogP contribution in [-0.2, 0) is 19.3 Å². The Balaban J connectivity index is 1.54. The number of guanidine groups is 1. The van der Waals surface area contributed by atoms with Gasteiger partial charge in [0.15, 0.2) is 5.96 Å². The van der Waals surface area contributed by atoms with E-state index < -0.39 is 17.6 Å². The predicted octanol–water partition coefficient (Wildman–Crippen LogP) is 5.10. The van der Waals surface area contributed by atoms with E-state index in [0.29, 0.717) is 34.6 Å². The quantitative estimate of drug-likeness (QED) is 0.283. The first-order chi connectivity index (χ1) is 18.5. The molecule has 0 saturated heterocycles. The van der Waals surface area contributed by atoms with E-state index in [4.69, 9.17) is 11.5 Å². The number of fused-ring (bicyclic) bond motifs is 2. The second-order valence-corrected chi connectivity index (χ2v) is 9.23. The first-order valence-electron chi connectivity index (χ1n) is 12.0. The number of hydrogen-bond donors (Lipinski definition) is 2. The van der Waals surface area contributed by atoms with Crippen LogP contribution in [0.5, 0.6) is 0 Å². The van der Waals surface area contributed by atoms with Crippen LogP contribution >= 0.6 is 0 Å². The van der Waals surface area contributed by atoms with Crippen LogP contribution in [0.15, 0.2) is 83.9 Å². The zero-order valence-corrected chi connectivity index (χ0v) is 20.9. The fraction of sp³-hybridized carbons (Fsp3) is 0.138. The number of alkyl halides is 3. The molecular formula is C29H24F3N5O2. The first-order valence-corrected chi connectivity index (χ1v) is 12.0. The summed E-state index contributed by atoms with van der Waals surface area (Å²) in [6.45, 7) is 2.15. The average molecular weight is 532 g/mol. The zero-order chi connectivity index (χ0) is 27.9. The van der Waals surface area contributed by atoms with Crippen molar-refractivity contribution in [1.29, 1.82) is 0 Å². The highest BCUT2D eigenvalue weighted by molar-refractivity contribution is 6.07. The topological polar surface area (TPSA) is 107 Å². The minimum Gasteiger partial charge on any atom is -0.370 e. The van der Waals surface area contributed by atoms with Crippen molar-refractivity contribution in [1.82, 2.24) is 4.57 Å². The number of carbonyl (C=O) groups is 2. The normalized spacial score (nSPS) is 12.8. The van der Waals surface area contributed by atoms with E-state index in [1.807, 2.05) is 24.3 Å². The van der Waals surface area contributed by atoms with Gasteiger partial charge in [-0.3, -0.25) is 9.59 Å². The molecule has 1 aromatic heterocycles. The molecule has 198 valence electrons. The molecule has 0 bridgehead atoms. The maximum Gasteiger partial charge on any atom is 0.417 e. The summed E-state index contributed by atoms with van der Waals surface area (Å²) in [4.78, 5) is 31.7. The molecule has 2 amide bonds. The highest BCUT2D eigenvalue weighted by atomic mass is 19.4. The van der Waals surface area contributed by atoms with E-state index in [0.717, 1.165) is 11.6 Å². The number of para-hydroxylation sites is 1. The van der Waals surface area contributed by atoms with Crippen LogP contribution in [0.25, 0.3) is 11.1 Å². The SMILES string of the molecule is Cc1cc(C(=O)N2Cc3ccc(C(=O)N=C(N)N)n3Cc3ccccc32)ccc1-c1ccccc1C(F)(F)F. The summed E-state index contributed by atoms with van der Waals surface area (Å²) in [6.07, 6.45) is -4.51. The van der Waals surface area contributed by atoms with Crippen LogP contribution in [0.1, 0.15) is 43.2 Å². The van der Waals surface area contributed by atoms with Gasteiger partial charge < -0.3 is 20.9 Å². The molecule has 1 aliphatic heterocycles. The third-order valence-corrected chi connectivity index (χ3v) is 6.69. The Morgan fingerprint density at radius 1 is 0.872 bits per heavy atom. The lowest BCUT2D eigenvalue weighted by molar-refractivity contribution is -0.137. The van der Waals surface area contributed by atoms with Gasteiger partial charge in [0.05, 0.1) is 18.7 Å². The largest absolute Gasteiger partial charge is 0.417 e. The summed E-state index contributed by atoms with van der Waals surface area (Å²) in [5, 5.41) is 0. The lowest BCUT2D eigenvalue weighted by Crippen LogP contribution is -2.30. The second-order valence-electron chi connectivity index (χ2n) is 9.23. The third kappa shape index (κ3) is 4.88. The highest BCUT2D eigenvalue weighted by Gasteiger charge is 2.34. The monoisotopic (exact) mass is 531 g/mol. The number of nitrogens with two attached hydrogens (primary N) is 2. The summed E-state index contributed by atoms with van der Waals surface area (Å²) in [6, 6.07) is 20.7. The molecule has 0 unspecified atom stereocenters. The Hall–Kier alpha value is -4.86. The summed E-state index contributed by atoms with van der Waals surface area (Å²) in [5.41, 5.74) is 13.8. The van der Waals surface area contributed by atoms with Crippen molar-refractivity contribution < 1.29 is 22.8 Å². The summed E-state index contributed by atoms with van der Waals surface area (Å²) in [7, 11) is 0. The number of benzene rings is 3. The van der Waals surface area contributed by atoms with Gasteiger partial charge in [0.25, 0.3) is 11.8 Å². The molecular weight excluding hydrogens is 507 g/mol. The van der Waals surface area contributed by atoms with Gasteiger partial charge in [-0.25, -0.2) is 0 Å². The molecule has 0 aliphatic carbocycles. The minimum atomic E-state index is -4.51. The van der Waals surface area contributed by atoms with E-state index in [1.54, 1.807) is 46.7 Å². The van der Waals surface area contributed by atoms with Crippen LogP contribution in [-0.4, -0.2) is 22.3 Å². The van der Waals surface area contributed by atoms with Crippen LogP contribution < -0.4 is 16.4 Å². The van der Waals surface area contributed by atoms with Crippen molar-refractivity contribution in [2.45, 2.75) is 26.2 Å². The number of carbonyl (C=O) groups excluding carboxylic acids is 2. The van der Waals surface area contributed by atoms with Crippen LogP contribution in [0.2, 0.25) is 0 Å². The Morgan fingerprint density at radius 3 is 2.31 bits per heavy atom. The molecule has 7 nitrogen and oxygen atoms in total. The number of amides is 2. The lowest BCUT2D eigenvalue weighted by Gasteiger charge is -2.23. The third-order valence-electron chi connectivity index (χ3n) is 6.69. The van der Waals surface area contributed by atoms with Crippen LogP contribution in [0.3, 0.4) is 0 Å². The van der Waals surface area contributed by atoms with Crippen molar-refractivity contribution >= 4 is 23.5 Å². The molecule has 4 N–H and O–H groups in total. The second kappa shape index (κ2) is 9.79. The minimum absolute atomic E-state index is 0.0532. The molecule has 5 rings (SSSR count). The van der Waals surface area contributed by atoms with Gasteiger partial charge in [-0.15, -0.1) is 0 Å². The Bertz CT molecular complexity index is 1630. The van der Waals surface area contributed by atoms with E-state index in [9.17, 15) is 22.8 Å². The molecule has 0 radical (unpaired) electrons. The summed E-state index contributed by atoms with van der Waals surface area (Å²) >= 11 is 0. The van der Waals surface area contributed by atoms with Gasteiger partial charge >= 0.3 is 6.18 Å². The Labute approximate surface area is 222 Å². The van der Waals surface area contributed by atoms with Crippen molar-refractivity contribution in [2.75, 3.05) is 4.90 Å². The van der Waals surface area contributed by atoms with Crippen LogP contribution in [0, 0.1) is 6.92 Å². The van der Waals surface area contributed by atoms with Gasteiger partial charge in [-0.1, -0.05) is 42.5 Å². The standard InChI is InChI=1S/C29H24F3N5O2/c1-17-14-18(10-12-21(17)22-7-3-4-8-23(22)29(30,31)32)27(39)37-16-20-11-13-25(26(38)35-28(33)34)36(20)15-19-6-2-5-9-24(19)37/h2-14H,15-16H2,1H3,(H4,33,34,35,38). The highest BCUT2D eigenvalue weighted by Crippen LogP contribution is 2.38. The maximum atomic E-state index is 13.9. The van der Waals surface area contributed by atoms with Gasteiger partial charge in [0.1, 0.15) is 5.69 Å².